The molecule has 0 fully saturated rings. The Kier molecular flexibility index (Phi) is 4.30. The van der Waals surface area contributed by atoms with Crippen LogP contribution in [-0.2, 0) is 6.42 Å². The highest BCUT2D eigenvalue weighted by Gasteiger charge is 2.04. The molecule has 0 aliphatic heterocycles. The summed E-state index contributed by atoms with van der Waals surface area (Å²) >= 11 is 0. The fourth-order valence-electron chi connectivity index (χ4n) is 2.01. The number of hydrogen-bond acceptors (Lipinski definition) is 1. The van der Waals surface area contributed by atoms with Crippen LogP contribution < -0.4 is 0 Å². The van der Waals surface area contributed by atoms with E-state index in [9.17, 15) is 4.79 Å². The number of Topliss-reactive ketones (excluding diaryl/α,β-unsaturated/α-hetero) is 1. The van der Waals surface area contributed by atoms with E-state index in [0.717, 1.165) is 18.4 Å². The molecule has 0 N–H and O–H groups in total. The molecule has 0 spiro atoms. The van der Waals surface area contributed by atoms with Crippen LogP contribution in [0.2, 0.25) is 0 Å². The minimum Gasteiger partial charge on any atom is -0.294 e. The van der Waals surface area contributed by atoms with Crippen LogP contribution in [0.3, 0.4) is 0 Å². The third-order valence-electron chi connectivity index (χ3n) is 3.00. The Balaban J connectivity index is 2.06. The molecule has 1 nitrogen and oxygen atoms in total. The second-order valence-electron chi connectivity index (χ2n) is 4.53. The molecular formula is C17H18O. The van der Waals surface area contributed by atoms with Gasteiger partial charge in [0, 0.05) is 12.0 Å². The van der Waals surface area contributed by atoms with E-state index < -0.39 is 0 Å². The molecule has 0 saturated heterocycles. The topological polar surface area (TPSA) is 17.1 Å². The van der Waals surface area contributed by atoms with Gasteiger partial charge in [0.2, 0.25) is 0 Å². The largest absolute Gasteiger partial charge is 0.294 e. The van der Waals surface area contributed by atoms with Gasteiger partial charge in [-0.2, -0.15) is 0 Å². The molecule has 1 heteroatoms. The average Bonchev–Trinajstić information content (AvgIpc) is 2.41. The quantitative estimate of drug-likeness (QED) is 0.711. The Bertz CT molecular complexity index is 497. The lowest BCUT2D eigenvalue weighted by Gasteiger charge is -2.03. The van der Waals surface area contributed by atoms with Gasteiger partial charge in [-0.25, -0.2) is 0 Å². The van der Waals surface area contributed by atoms with Crippen molar-refractivity contribution in [2.75, 3.05) is 0 Å². The lowest BCUT2D eigenvalue weighted by molar-refractivity contribution is 0.0982. The van der Waals surface area contributed by atoms with E-state index in [1.807, 2.05) is 25.1 Å². The van der Waals surface area contributed by atoms with Crippen molar-refractivity contribution in [3.8, 4) is 0 Å². The third-order valence-corrected chi connectivity index (χ3v) is 3.00. The van der Waals surface area contributed by atoms with Crippen LogP contribution in [-0.4, -0.2) is 5.78 Å². The molecule has 92 valence electrons. The zero-order valence-corrected chi connectivity index (χ0v) is 10.7. The molecule has 0 saturated carbocycles. The number of carbonyl (C=O) groups is 1. The SMILES string of the molecule is CCCC(=O)c1ccc(Cc2ccccc2)cc1. The summed E-state index contributed by atoms with van der Waals surface area (Å²) in [6.07, 6.45) is 2.46. The zero-order valence-electron chi connectivity index (χ0n) is 10.7. The van der Waals surface area contributed by atoms with Crippen molar-refractivity contribution in [2.24, 2.45) is 0 Å². The fraction of sp³-hybridized carbons (Fsp3) is 0.235. The monoisotopic (exact) mass is 238 g/mol. The van der Waals surface area contributed by atoms with Gasteiger partial charge in [0.25, 0.3) is 0 Å². The molecule has 0 heterocycles. The van der Waals surface area contributed by atoms with Gasteiger partial charge in [-0.15, -0.1) is 0 Å². The number of benzene rings is 2. The molecule has 0 radical (unpaired) electrons. The molecule has 0 aliphatic rings. The molecule has 2 aromatic carbocycles. The Labute approximate surface area is 108 Å². The first-order valence-corrected chi connectivity index (χ1v) is 6.45. The summed E-state index contributed by atoms with van der Waals surface area (Å²) in [6, 6.07) is 18.4. The van der Waals surface area contributed by atoms with Crippen LogP contribution >= 0.6 is 0 Å². The maximum Gasteiger partial charge on any atom is 0.162 e. The van der Waals surface area contributed by atoms with Crippen molar-refractivity contribution in [1.29, 1.82) is 0 Å². The molecule has 2 rings (SSSR count). The van der Waals surface area contributed by atoms with Crippen molar-refractivity contribution in [1.82, 2.24) is 0 Å². The predicted octanol–water partition coefficient (Wildman–Crippen LogP) is 4.26. The highest BCUT2D eigenvalue weighted by molar-refractivity contribution is 5.96. The zero-order chi connectivity index (χ0) is 12.8. The van der Waals surface area contributed by atoms with E-state index in [0.29, 0.717) is 6.42 Å². The van der Waals surface area contributed by atoms with Gasteiger partial charge in [0.05, 0.1) is 0 Å². The van der Waals surface area contributed by atoms with Gasteiger partial charge < -0.3 is 0 Å². The minimum absolute atomic E-state index is 0.240. The molecule has 0 amide bonds. The van der Waals surface area contributed by atoms with E-state index in [2.05, 4.69) is 36.4 Å². The Hall–Kier alpha value is -1.89. The first kappa shape index (κ1) is 12.6. The Morgan fingerprint density at radius 1 is 0.889 bits per heavy atom. The standard InChI is InChI=1S/C17H18O/c1-2-6-17(18)16-11-9-15(10-12-16)13-14-7-4-3-5-8-14/h3-5,7-12H,2,6,13H2,1H3. The smallest absolute Gasteiger partial charge is 0.162 e. The fourth-order valence-corrected chi connectivity index (χ4v) is 2.01. The summed E-state index contributed by atoms with van der Waals surface area (Å²) in [6.45, 7) is 2.03. The van der Waals surface area contributed by atoms with E-state index in [-0.39, 0.29) is 5.78 Å². The summed E-state index contributed by atoms with van der Waals surface area (Å²) in [4.78, 5) is 11.7. The average molecular weight is 238 g/mol. The van der Waals surface area contributed by atoms with Crippen LogP contribution in [0.5, 0.6) is 0 Å². The normalized spacial score (nSPS) is 10.3. The van der Waals surface area contributed by atoms with Crippen LogP contribution in [0.1, 0.15) is 41.3 Å². The Morgan fingerprint density at radius 3 is 2.11 bits per heavy atom. The van der Waals surface area contributed by atoms with Gasteiger partial charge in [-0.3, -0.25) is 4.79 Å². The molecule has 0 aromatic heterocycles. The van der Waals surface area contributed by atoms with Gasteiger partial charge in [0.15, 0.2) is 5.78 Å². The first-order chi connectivity index (χ1) is 8.79. The van der Waals surface area contributed by atoms with Crippen LogP contribution in [0.4, 0.5) is 0 Å². The van der Waals surface area contributed by atoms with E-state index >= 15 is 0 Å². The van der Waals surface area contributed by atoms with Crippen molar-refractivity contribution in [2.45, 2.75) is 26.2 Å². The molecule has 18 heavy (non-hydrogen) atoms. The van der Waals surface area contributed by atoms with Crippen molar-refractivity contribution in [3.63, 3.8) is 0 Å². The summed E-state index contributed by atoms with van der Waals surface area (Å²) in [5.74, 6) is 0.240. The van der Waals surface area contributed by atoms with E-state index in [1.165, 1.54) is 11.1 Å². The number of carbonyl (C=O) groups excluding carboxylic acids is 1. The lowest BCUT2D eigenvalue weighted by Crippen LogP contribution is -1.98. The second-order valence-corrected chi connectivity index (χ2v) is 4.53. The van der Waals surface area contributed by atoms with Crippen molar-refractivity contribution >= 4 is 5.78 Å². The second kappa shape index (κ2) is 6.15. The summed E-state index contributed by atoms with van der Waals surface area (Å²) in [5.41, 5.74) is 3.37. The molecule has 0 unspecified atom stereocenters. The molecular weight excluding hydrogens is 220 g/mol. The maximum atomic E-state index is 11.7. The van der Waals surface area contributed by atoms with Gasteiger partial charge >= 0.3 is 0 Å². The molecule has 0 atom stereocenters. The van der Waals surface area contributed by atoms with E-state index in [1.54, 1.807) is 0 Å². The molecule has 2 aromatic rings. The van der Waals surface area contributed by atoms with E-state index in [4.69, 9.17) is 0 Å². The van der Waals surface area contributed by atoms with Crippen LogP contribution in [0.15, 0.2) is 54.6 Å². The van der Waals surface area contributed by atoms with Gasteiger partial charge in [0.1, 0.15) is 0 Å². The molecule has 0 bridgehead atoms. The highest BCUT2D eigenvalue weighted by atomic mass is 16.1. The van der Waals surface area contributed by atoms with Gasteiger partial charge in [-0.05, 0) is 24.0 Å². The van der Waals surface area contributed by atoms with Crippen LogP contribution in [0.25, 0.3) is 0 Å². The third kappa shape index (κ3) is 3.30. The highest BCUT2D eigenvalue weighted by Crippen LogP contribution is 2.12. The number of ketones is 1. The van der Waals surface area contributed by atoms with Crippen LogP contribution in [0, 0.1) is 0 Å². The number of hydrogen-bond donors (Lipinski definition) is 0. The molecule has 0 aliphatic carbocycles. The maximum absolute atomic E-state index is 11.7. The Morgan fingerprint density at radius 2 is 1.50 bits per heavy atom. The summed E-state index contributed by atoms with van der Waals surface area (Å²) < 4.78 is 0. The predicted molar refractivity (Wildman–Crippen MR) is 74.9 cm³/mol. The first-order valence-electron chi connectivity index (χ1n) is 6.45. The summed E-state index contributed by atoms with van der Waals surface area (Å²) in [7, 11) is 0. The van der Waals surface area contributed by atoms with Crippen molar-refractivity contribution < 1.29 is 4.79 Å². The summed E-state index contributed by atoms with van der Waals surface area (Å²) in [5, 5.41) is 0. The van der Waals surface area contributed by atoms with Gasteiger partial charge in [-0.1, -0.05) is 61.5 Å². The lowest BCUT2D eigenvalue weighted by atomic mass is 10.0. The minimum atomic E-state index is 0.240. The van der Waals surface area contributed by atoms with Crippen molar-refractivity contribution in [3.05, 3.63) is 71.3 Å². The number of rotatable bonds is 5.